The summed E-state index contributed by atoms with van der Waals surface area (Å²) in [5, 5.41) is 3.50. The second kappa shape index (κ2) is 6.95. The first kappa shape index (κ1) is 16.0. The molecule has 0 aliphatic rings. The lowest BCUT2D eigenvalue weighted by atomic mass is 9.94. The molecule has 0 aromatic heterocycles. The summed E-state index contributed by atoms with van der Waals surface area (Å²) in [5.41, 5.74) is 2.66. The summed E-state index contributed by atoms with van der Waals surface area (Å²) < 4.78 is 5.95. The third kappa shape index (κ3) is 6.63. The Morgan fingerprint density at radius 3 is 2.21 bits per heavy atom. The first-order valence-electron chi connectivity index (χ1n) is 7.20. The van der Waals surface area contributed by atoms with Crippen molar-refractivity contribution in [1.29, 1.82) is 0 Å². The number of rotatable bonds is 7. The summed E-state index contributed by atoms with van der Waals surface area (Å²) in [6.45, 7) is 15.9. The van der Waals surface area contributed by atoms with Crippen molar-refractivity contribution in [2.24, 2.45) is 11.3 Å². The van der Waals surface area contributed by atoms with Crippen LogP contribution in [0.25, 0.3) is 0 Å². The average Bonchev–Trinajstić information content (AvgIpc) is 2.24. The molecular formula is C17H29NO. The van der Waals surface area contributed by atoms with Crippen molar-refractivity contribution in [3.63, 3.8) is 0 Å². The first-order chi connectivity index (χ1) is 8.78. The molecule has 0 aliphatic heterocycles. The number of hydrogen-bond donors (Lipinski definition) is 1. The van der Waals surface area contributed by atoms with Crippen LogP contribution < -0.4 is 10.1 Å². The molecule has 1 aromatic rings. The van der Waals surface area contributed by atoms with Crippen LogP contribution >= 0.6 is 0 Å². The van der Waals surface area contributed by atoms with Crippen molar-refractivity contribution in [3.8, 4) is 5.75 Å². The number of hydrogen-bond acceptors (Lipinski definition) is 2. The Labute approximate surface area is 118 Å². The quantitative estimate of drug-likeness (QED) is 0.804. The van der Waals surface area contributed by atoms with Gasteiger partial charge >= 0.3 is 0 Å². The van der Waals surface area contributed by atoms with Gasteiger partial charge in [-0.3, -0.25) is 0 Å². The summed E-state index contributed by atoms with van der Waals surface area (Å²) in [6, 6.07) is 6.37. The van der Waals surface area contributed by atoms with Crippen LogP contribution in [0.3, 0.4) is 0 Å². The molecule has 0 heterocycles. The molecule has 0 aliphatic carbocycles. The van der Waals surface area contributed by atoms with E-state index >= 15 is 0 Å². The van der Waals surface area contributed by atoms with Crippen LogP contribution in [0.5, 0.6) is 5.75 Å². The highest BCUT2D eigenvalue weighted by Crippen LogP contribution is 2.20. The molecule has 0 saturated carbocycles. The van der Waals surface area contributed by atoms with E-state index in [2.05, 4.69) is 65.1 Å². The molecule has 0 bridgehead atoms. The van der Waals surface area contributed by atoms with Gasteiger partial charge < -0.3 is 10.1 Å². The molecule has 1 rings (SSSR count). The van der Waals surface area contributed by atoms with Crippen LogP contribution in [0.15, 0.2) is 18.2 Å². The molecule has 0 spiro atoms. The summed E-state index contributed by atoms with van der Waals surface area (Å²) >= 11 is 0. The highest BCUT2D eigenvalue weighted by Gasteiger charge is 2.18. The predicted octanol–water partition coefficient (Wildman–Crippen LogP) is 3.95. The summed E-state index contributed by atoms with van der Waals surface area (Å²) in [6.07, 6.45) is 0. The molecule has 0 atom stereocenters. The molecule has 1 aromatic carbocycles. The topological polar surface area (TPSA) is 21.3 Å². The molecule has 1 N–H and O–H groups in total. The van der Waals surface area contributed by atoms with E-state index in [4.69, 9.17) is 4.74 Å². The second-order valence-electron chi connectivity index (χ2n) is 6.80. The molecule has 2 heteroatoms. The van der Waals surface area contributed by atoms with Gasteiger partial charge in [0, 0.05) is 12.0 Å². The van der Waals surface area contributed by atoms with Gasteiger partial charge in [-0.15, -0.1) is 0 Å². The minimum absolute atomic E-state index is 0.145. The van der Waals surface area contributed by atoms with E-state index in [0.29, 0.717) is 5.92 Å². The fourth-order valence-electron chi connectivity index (χ4n) is 2.05. The Balaban J connectivity index is 2.45. The Kier molecular flexibility index (Phi) is 5.86. The van der Waals surface area contributed by atoms with Crippen LogP contribution in [-0.2, 0) is 0 Å². The summed E-state index contributed by atoms with van der Waals surface area (Å²) in [4.78, 5) is 0. The van der Waals surface area contributed by atoms with Gasteiger partial charge in [0.2, 0.25) is 0 Å². The molecule has 0 amide bonds. The van der Waals surface area contributed by atoms with Crippen LogP contribution in [0.4, 0.5) is 0 Å². The molecule has 0 radical (unpaired) electrons. The summed E-state index contributed by atoms with van der Waals surface area (Å²) in [7, 11) is 0. The highest BCUT2D eigenvalue weighted by molar-refractivity contribution is 5.33. The molecule has 0 unspecified atom stereocenters. The van der Waals surface area contributed by atoms with Crippen molar-refractivity contribution in [2.75, 3.05) is 19.7 Å². The molecule has 0 fully saturated rings. The van der Waals surface area contributed by atoms with E-state index in [1.165, 1.54) is 11.1 Å². The minimum Gasteiger partial charge on any atom is -0.493 e. The number of nitrogens with one attached hydrogen (secondary N) is 1. The van der Waals surface area contributed by atoms with Crippen molar-refractivity contribution >= 4 is 0 Å². The van der Waals surface area contributed by atoms with Crippen molar-refractivity contribution in [2.45, 2.75) is 41.5 Å². The van der Waals surface area contributed by atoms with Crippen LogP contribution in [0.2, 0.25) is 0 Å². The van der Waals surface area contributed by atoms with Gasteiger partial charge in [-0.2, -0.15) is 0 Å². The molecule has 0 saturated heterocycles. The van der Waals surface area contributed by atoms with Crippen molar-refractivity contribution in [1.82, 2.24) is 5.32 Å². The van der Waals surface area contributed by atoms with Gasteiger partial charge in [-0.05, 0) is 49.6 Å². The first-order valence-corrected chi connectivity index (χ1v) is 7.20. The normalized spacial score (nSPS) is 11.9. The molecule has 19 heavy (non-hydrogen) atoms. The maximum absolute atomic E-state index is 5.95. The van der Waals surface area contributed by atoms with Gasteiger partial charge in [0.05, 0.1) is 6.61 Å². The maximum Gasteiger partial charge on any atom is 0.119 e. The largest absolute Gasteiger partial charge is 0.493 e. The SMILES string of the molecule is Cc1cc(C)cc(OCC(C)(C)CNCC(C)C)c1. The Hall–Kier alpha value is -1.02. The number of aryl methyl sites for hydroxylation is 2. The third-order valence-electron chi connectivity index (χ3n) is 2.98. The van der Waals surface area contributed by atoms with E-state index in [1.54, 1.807) is 0 Å². The van der Waals surface area contributed by atoms with E-state index in [1.807, 2.05) is 0 Å². The standard InChI is InChI=1S/C17H29NO/c1-13(2)10-18-11-17(5,6)12-19-16-8-14(3)7-15(4)9-16/h7-9,13,18H,10-12H2,1-6H3. The maximum atomic E-state index is 5.95. The molecule has 2 nitrogen and oxygen atoms in total. The third-order valence-corrected chi connectivity index (χ3v) is 2.98. The predicted molar refractivity (Wildman–Crippen MR) is 82.9 cm³/mol. The average molecular weight is 263 g/mol. The van der Waals surface area contributed by atoms with E-state index < -0.39 is 0 Å². The van der Waals surface area contributed by atoms with Gasteiger partial charge in [-0.1, -0.05) is 33.8 Å². The van der Waals surface area contributed by atoms with E-state index in [-0.39, 0.29) is 5.41 Å². The lowest BCUT2D eigenvalue weighted by Gasteiger charge is -2.26. The zero-order chi connectivity index (χ0) is 14.5. The number of benzene rings is 1. The van der Waals surface area contributed by atoms with Crippen LogP contribution in [0.1, 0.15) is 38.8 Å². The van der Waals surface area contributed by atoms with Gasteiger partial charge in [0.15, 0.2) is 0 Å². The fraction of sp³-hybridized carbons (Fsp3) is 0.647. The molecule has 108 valence electrons. The van der Waals surface area contributed by atoms with Gasteiger partial charge in [-0.25, -0.2) is 0 Å². The van der Waals surface area contributed by atoms with E-state index in [9.17, 15) is 0 Å². The summed E-state index contributed by atoms with van der Waals surface area (Å²) in [5.74, 6) is 1.67. The second-order valence-corrected chi connectivity index (χ2v) is 6.80. The van der Waals surface area contributed by atoms with Crippen LogP contribution in [0, 0.1) is 25.2 Å². The van der Waals surface area contributed by atoms with Crippen molar-refractivity contribution in [3.05, 3.63) is 29.3 Å². The Morgan fingerprint density at radius 2 is 1.68 bits per heavy atom. The Morgan fingerprint density at radius 1 is 1.11 bits per heavy atom. The zero-order valence-corrected chi connectivity index (χ0v) is 13.3. The Bertz CT molecular complexity index is 376. The van der Waals surface area contributed by atoms with Gasteiger partial charge in [0.1, 0.15) is 5.75 Å². The number of ether oxygens (including phenoxy) is 1. The van der Waals surface area contributed by atoms with Crippen molar-refractivity contribution < 1.29 is 4.74 Å². The zero-order valence-electron chi connectivity index (χ0n) is 13.3. The van der Waals surface area contributed by atoms with Gasteiger partial charge in [0.25, 0.3) is 0 Å². The monoisotopic (exact) mass is 263 g/mol. The molecular weight excluding hydrogens is 234 g/mol. The smallest absolute Gasteiger partial charge is 0.119 e. The fourth-order valence-corrected chi connectivity index (χ4v) is 2.05. The van der Waals surface area contributed by atoms with Crippen LogP contribution in [-0.4, -0.2) is 19.7 Å². The lowest BCUT2D eigenvalue weighted by Crippen LogP contribution is -2.35. The van der Waals surface area contributed by atoms with E-state index in [0.717, 1.165) is 25.4 Å². The minimum atomic E-state index is 0.145. The highest BCUT2D eigenvalue weighted by atomic mass is 16.5. The lowest BCUT2D eigenvalue weighted by molar-refractivity contribution is 0.175.